The largest absolute Gasteiger partial charge is 0.497 e. The van der Waals surface area contributed by atoms with Crippen LogP contribution in [0.3, 0.4) is 0 Å². The number of ether oxygens (including phenoxy) is 1. The van der Waals surface area contributed by atoms with Crippen molar-refractivity contribution in [2.75, 3.05) is 17.7 Å². The maximum Gasteiger partial charge on any atom is 0.410 e. The quantitative estimate of drug-likeness (QED) is 0.564. The number of alkyl halides is 3. The zero-order chi connectivity index (χ0) is 23.0. The van der Waals surface area contributed by atoms with Crippen molar-refractivity contribution in [1.82, 2.24) is 9.78 Å². The Kier molecular flexibility index (Phi) is 5.58. The third kappa shape index (κ3) is 4.42. The molecule has 0 bridgehead atoms. The average molecular weight is 444 g/mol. The number of amides is 1. The number of halogens is 3. The Balaban J connectivity index is 1.63. The van der Waals surface area contributed by atoms with Gasteiger partial charge in [-0.3, -0.25) is 4.79 Å². The number of aryl methyl sites for hydroxylation is 2. The predicted octanol–water partition coefficient (Wildman–Crippen LogP) is 5.42. The van der Waals surface area contributed by atoms with Crippen LogP contribution in [0.25, 0.3) is 0 Å². The summed E-state index contributed by atoms with van der Waals surface area (Å²) < 4.78 is 47.6. The monoisotopic (exact) mass is 444 g/mol. The fraction of sp³-hybridized carbons (Fsp3) is 0.304. The molecule has 0 fully saturated rings. The lowest BCUT2D eigenvalue weighted by molar-refractivity contribution is -0.173. The van der Waals surface area contributed by atoms with Crippen molar-refractivity contribution in [3.63, 3.8) is 0 Å². The van der Waals surface area contributed by atoms with Gasteiger partial charge in [-0.1, -0.05) is 18.2 Å². The molecule has 0 saturated heterocycles. The second kappa shape index (κ2) is 8.22. The van der Waals surface area contributed by atoms with Gasteiger partial charge in [0.25, 0.3) is 5.91 Å². The van der Waals surface area contributed by atoms with Crippen molar-refractivity contribution in [1.29, 1.82) is 0 Å². The van der Waals surface area contributed by atoms with E-state index in [0.717, 1.165) is 15.8 Å². The highest BCUT2D eigenvalue weighted by Gasteiger charge is 2.46. The topological polar surface area (TPSA) is 68.2 Å². The Morgan fingerprint density at radius 3 is 2.38 bits per heavy atom. The van der Waals surface area contributed by atoms with Gasteiger partial charge in [0.15, 0.2) is 11.7 Å². The Morgan fingerprint density at radius 2 is 1.78 bits per heavy atom. The number of hydrogen-bond donors (Lipinski definition) is 2. The molecule has 3 aromatic rings. The number of nitrogens with zero attached hydrogens (tertiary/aromatic N) is 2. The number of benzene rings is 2. The molecule has 0 radical (unpaired) electrons. The Bertz CT molecular complexity index is 1120. The predicted molar refractivity (Wildman–Crippen MR) is 115 cm³/mol. The Hall–Kier alpha value is -3.49. The smallest absolute Gasteiger partial charge is 0.410 e. The Labute approximate surface area is 183 Å². The third-order valence-electron chi connectivity index (χ3n) is 5.42. The van der Waals surface area contributed by atoms with E-state index >= 15 is 0 Å². The van der Waals surface area contributed by atoms with Crippen LogP contribution in [0.15, 0.2) is 48.5 Å². The molecule has 1 aromatic heterocycles. The molecule has 0 spiro atoms. The Morgan fingerprint density at radius 1 is 1.12 bits per heavy atom. The average Bonchev–Trinajstić information content (AvgIpc) is 3.16. The van der Waals surface area contributed by atoms with E-state index in [1.807, 2.05) is 19.9 Å². The third-order valence-corrected chi connectivity index (χ3v) is 5.42. The second-order valence-corrected chi connectivity index (χ2v) is 7.95. The SMILES string of the molecule is COc1ccc([C@H]2C[C@H](C(F)(F)F)n3nc(C(=O)Nc4cc(C)cc(C)c4)cc3N2)cc1. The number of fused-ring (bicyclic) bond motifs is 1. The van der Waals surface area contributed by atoms with Gasteiger partial charge in [0.2, 0.25) is 0 Å². The molecule has 0 saturated carbocycles. The van der Waals surface area contributed by atoms with Gasteiger partial charge in [-0.2, -0.15) is 18.3 Å². The van der Waals surface area contributed by atoms with Gasteiger partial charge >= 0.3 is 6.18 Å². The van der Waals surface area contributed by atoms with E-state index in [1.54, 1.807) is 36.4 Å². The van der Waals surface area contributed by atoms with E-state index in [9.17, 15) is 18.0 Å². The van der Waals surface area contributed by atoms with Gasteiger partial charge in [-0.15, -0.1) is 0 Å². The summed E-state index contributed by atoms with van der Waals surface area (Å²) in [4.78, 5) is 12.7. The highest BCUT2D eigenvalue weighted by Crippen LogP contribution is 2.43. The van der Waals surface area contributed by atoms with E-state index in [4.69, 9.17) is 4.74 Å². The minimum absolute atomic E-state index is 0.0868. The number of hydrogen-bond acceptors (Lipinski definition) is 4. The van der Waals surface area contributed by atoms with Crippen molar-refractivity contribution in [2.24, 2.45) is 0 Å². The minimum atomic E-state index is -4.52. The highest BCUT2D eigenvalue weighted by molar-refractivity contribution is 6.03. The minimum Gasteiger partial charge on any atom is -0.497 e. The van der Waals surface area contributed by atoms with Crippen molar-refractivity contribution in [3.05, 3.63) is 70.9 Å². The molecule has 0 unspecified atom stereocenters. The van der Waals surface area contributed by atoms with E-state index in [0.29, 0.717) is 17.0 Å². The molecule has 2 N–H and O–H groups in total. The van der Waals surface area contributed by atoms with E-state index in [2.05, 4.69) is 15.7 Å². The van der Waals surface area contributed by atoms with Gasteiger partial charge in [0, 0.05) is 18.2 Å². The van der Waals surface area contributed by atoms with Crippen LogP contribution in [-0.2, 0) is 0 Å². The molecule has 9 heteroatoms. The molecule has 32 heavy (non-hydrogen) atoms. The number of carbonyl (C=O) groups excluding carboxylic acids is 1. The maximum absolute atomic E-state index is 13.9. The summed E-state index contributed by atoms with van der Waals surface area (Å²) in [5.41, 5.74) is 3.09. The standard InChI is InChI=1S/C23H23F3N4O2/c1-13-8-14(2)10-16(9-13)27-22(31)19-12-21-28-18(15-4-6-17(32-3)7-5-15)11-20(23(24,25)26)30(21)29-19/h4-10,12,18,20,28H,11H2,1-3H3,(H,27,31)/t18-,20-/m1/s1. The van der Waals surface area contributed by atoms with Crippen LogP contribution in [0.1, 0.15) is 45.7 Å². The zero-order valence-electron chi connectivity index (χ0n) is 17.8. The number of anilines is 2. The van der Waals surface area contributed by atoms with Gasteiger partial charge in [-0.05, 0) is 54.8 Å². The number of nitrogens with one attached hydrogen (secondary N) is 2. The van der Waals surface area contributed by atoms with Crippen molar-refractivity contribution >= 4 is 17.4 Å². The second-order valence-electron chi connectivity index (χ2n) is 7.95. The van der Waals surface area contributed by atoms with E-state index in [-0.39, 0.29) is 17.9 Å². The molecule has 1 aliphatic heterocycles. The molecule has 2 heterocycles. The molecular formula is C23H23F3N4O2. The van der Waals surface area contributed by atoms with Crippen molar-refractivity contribution in [3.8, 4) is 5.75 Å². The summed E-state index contributed by atoms with van der Waals surface area (Å²) in [7, 11) is 1.52. The maximum atomic E-state index is 13.9. The lowest BCUT2D eigenvalue weighted by Gasteiger charge is -2.33. The van der Waals surface area contributed by atoms with Crippen LogP contribution in [0.4, 0.5) is 24.7 Å². The molecule has 4 rings (SSSR count). The highest BCUT2D eigenvalue weighted by atomic mass is 19.4. The van der Waals surface area contributed by atoms with Gasteiger partial charge < -0.3 is 15.4 Å². The first kappa shape index (κ1) is 21.7. The lowest BCUT2D eigenvalue weighted by atomic mass is 9.97. The summed E-state index contributed by atoms with van der Waals surface area (Å²) in [5.74, 6) is 0.193. The molecule has 0 aliphatic carbocycles. The van der Waals surface area contributed by atoms with E-state index in [1.165, 1.54) is 13.2 Å². The number of carbonyl (C=O) groups is 1. The molecule has 6 nitrogen and oxygen atoms in total. The van der Waals surface area contributed by atoms with E-state index < -0.39 is 24.2 Å². The lowest BCUT2D eigenvalue weighted by Crippen LogP contribution is -2.35. The van der Waals surface area contributed by atoms with Gasteiger partial charge in [0.05, 0.1) is 13.2 Å². The fourth-order valence-electron chi connectivity index (χ4n) is 3.98. The van der Waals surface area contributed by atoms with Crippen molar-refractivity contribution < 1.29 is 22.7 Å². The van der Waals surface area contributed by atoms with Crippen LogP contribution < -0.4 is 15.4 Å². The first-order valence-corrected chi connectivity index (χ1v) is 10.1. The van der Waals surface area contributed by atoms with Gasteiger partial charge in [-0.25, -0.2) is 4.68 Å². The van der Waals surface area contributed by atoms with Gasteiger partial charge in [0.1, 0.15) is 11.6 Å². The number of rotatable bonds is 4. The van der Waals surface area contributed by atoms with Crippen LogP contribution in [-0.4, -0.2) is 29.0 Å². The molecule has 2 aromatic carbocycles. The van der Waals surface area contributed by atoms with Crippen molar-refractivity contribution in [2.45, 2.75) is 38.5 Å². The summed E-state index contributed by atoms with van der Waals surface area (Å²) >= 11 is 0. The molecule has 1 amide bonds. The number of methoxy groups -OCH3 is 1. The molecule has 1 aliphatic rings. The summed E-state index contributed by atoms with van der Waals surface area (Å²) in [6, 6.07) is 11.3. The molecule has 2 atom stereocenters. The summed E-state index contributed by atoms with van der Waals surface area (Å²) in [6.45, 7) is 3.80. The molecule has 168 valence electrons. The summed E-state index contributed by atoms with van der Waals surface area (Å²) in [5, 5.41) is 9.81. The number of aromatic nitrogens is 2. The fourth-order valence-corrected chi connectivity index (χ4v) is 3.98. The zero-order valence-corrected chi connectivity index (χ0v) is 17.8. The first-order chi connectivity index (χ1) is 15.1. The van der Waals surface area contributed by atoms with Crippen LogP contribution in [0.2, 0.25) is 0 Å². The normalized spacial score (nSPS) is 17.9. The first-order valence-electron chi connectivity index (χ1n) is 10.1. The van der Waals surface area contributed by atoms with Crippen LogP contribution >= 0.6 is 0 Å². The van der Waals surface area contributed by atoms with Crippen LogP contribution in [0.5, 0.6) is 5.75 Å². The molecular weight excluding hydrogens is 421 g/mol. The van der Waals surface area contributed by atoms with Crippen LogP contribution in [0, 0.1) is 13.8 Å². The summed E-state index contributed by atoms with van der Waals surface area (Å²) in [6.07, 6.45) is -4.77.